The van der Waals surface area contributed by atoms with Gasteiger partial charge in [0.2, 0.25) is 0 Å². The number of aromatic nitrogens is 2. The fourth-order valence-electron chi connectivity index (χ4n) is 5.30. The first kappa shape index (κ1) is 22.5. The lowest BCUT2D eigenvalue weighted by Gasteiger charge is -2.36. The molecule has 1 fully saturated rings. The van der Waals surface area contributed by atoms with Crippen molar-refractivity contribution in [3.8, 4) is 5.75 Å². The van der Waals surface area contributed by atoms with Crippen molar-refractivity contribution in [1.82, 2.24) is 15.1 Å². The summed E-state index contributed by atoms with van der Waals surface area (Å²) in [6.07, 6.45) is 5.02. The monoisotopic (exact) mass is 461 g/mol. The first-order valence-corrected chi connectivity index (χ1v) is 12.1. The fraction of sp³-hybridized carbons (Fsp3) is 0.538. The lowest BCUT2D eigenvalue weighted by Crippen LogP contribution is -2.45. The molecular formula is C26H31N5O3. The van der Waals surface area contributed by atoms with Crippen LogP contribution in [0, 0.1) is 12.5 Å². The predicted octanol–water partition coefficient (Wildman–Crippen LogP) is 4.89. The second kappa shape index (κ2) is 8.79. The average Bonchev–Trinajstić information content (AvgIpc) is 3.30. The Hall–Kier alpha value is -3.34. The van der Waals surface area contributed by atoms with E-state index in [0.717, 1.165) is 54.1 Å². The van der Waals surface area contributed by atoms with E-state index < -0.39 is 11.6 Å². The Bertz CT molecular complexity index is 1150. The highest BCUT2D eigenvalue weighted by Gasteiger charge is 2.45. The summed E-state index contributed by atoms with van der Waals surface area (Å²) in [6.45, 7) is 15.7. The highest BCUT2D eigenvalue weighted by molar-refractivity contribution is 5.98. The van der Waals surface area contributed by atoms with Crippen molar-refractivity contribution in [2.45, 2.75) is 64.0 Å². The van der Waals surface area contributed by atoms with Crippen LogP contribution in [0.1, 0.15) is 62.6 Å². The first-order chi connectivity index (χ1) is 16.4. The first-order valence-electron chi connectivity index (χ1n) is 12.1. The van der Waals surface area contributed by atoms with Gasteiger partial charge in [0.25, 0.3) is 6.04 Å². The molecule has 2 atom stereocenters. The number of piperidine rings is 1. The number of nitrogens with one attached hydrogen (secondary N) is 1. The minimum Gasteiger partial charge on any atom is -0.493 e. The van der Waals surface area contributed by atoms with Gasteiger partial charge in [0.1, 0.15) is 17.1 Å². The number of likely N-dealkylation sites (tertiary alicyclic amines) is 1. The van der Waals surface area contributed by atoms with E-state index in [9.17, 15) is 4.79 Å². The molecule has 3 aliphatic heterocycles. The molecule has 5 rings (SSSR count). The summed E-state index contributed by atoms with van der Waals surface area (Å²) in [5.41, 5.74) is 3.55. The average molecular weight is 462 g/mol. The van der Waals surface area contributed by atoms with Crippen molar-refractivity contribution < 1.29 is 14.3 Å². The van der Waals surface area contributed by atoms with Gasteiger partial charge in [-0.05, 0) is 52.0 Å². The largest absolute Gasteiger partial charge is 0.493 e. The number of carbonyl (C=O) groups excluding carboxylic acids is 1. The number of amides is 1. The number of hydrogen-bond donors (Lipinski definition) is 1. The van der Waals surface area contributed by atoms with Crippen LogP contribution in [-0.4, -0.2) is 58.2 Å². The number of nitrogens with zero attached hydrogens (tertiary/aromatic N) is 4. The Kier molecular flexibility index (Phi) is 5.80. The molecule has 3 aliphatic rings. The standard InChI is InChI=1S/C26H31N5O3/c1-26(2,3)34-25(32)31-12-10-16(11-13-31)21-22(27-4)20(19-15-28-30-24(19)29-21)18-9-5-7-17-8-6-14-33-23(17)18/h5,7,9,15-16,20,22H,6,8,10-14H2,1-3H3,(H,28,30). The van der Waals surface area contributed by atoms with E-state index in [0.29, 0.717) is 19.7 Å². The summed E-state index contributed by atoms with van der Waals surface area (Å²) in [6, 6.07) is 5.83. The highest BCUT2D eigenvalue weighted by atomic mass is 16.6. The molecule has 1 amide bonds. The molecule has 2 unspecified atom stereocenters. The van der Waals surface area contributed by atoms with Crippen LogP contribution in [0.3, 0.4) is 0 Å². The van der Waals surface area contributed by atoms with Crippen LogP contribution < -0.4 is 4.74 Å². The van der Waals surface area contributed by atoms with E-state index >= 15 is 0 Å². The molecule has 0 aliphatic carbocycles. The van der Waals surface area contributed by atoms with Crippen molar-refractivity contribution in [1.29, 1.82) is 0 Å². The van der Waals surface area contributed by atoms with Crippen LogP contribution in [0.5, 0.6) is 5.75 Å². The Morgan fingerprint density at radius 3 is 2.79 bits per heavy atom. The zero-order chi connectivity index (χ0) is 23.9. The maximum absolute atomic E-state index is 12.5. The van der Waals surface area contributed by atoms with Crippen molar-refractivity contribution in [3.05, 3.63) is 52.5 Å². The summed E-state index contributed by atoms with van der Waals surface area (Å²) in [5, 5.41) is 7.30. The van der Waals surface area contributed by atoms with Gasteiger partial charge in [-0.25, -0.2) is 16.4 Å². The van der Waals surface area contributed by atoms with E-state index in [1.54, 1.807) is 11.1 Å². The second-order valence-electron chi connectivity index (χ2n) is 10.3. The Morgan fingerprint density at radius 2 is 2.06 bits per heavy atom. The lowest BCUT2D eigenvalue weighted by molar-refractivity contribution is 0.0201. The minimum atomic E-state index is -0.516. The van der Waals surface area contributed by atoms with Crippen molar-refractivity contribution >= 4 is 17.6 Å². The molecule has 0 radical (unpaired) electrons. The van der Waals surface area contributed by atoms with E-state index in [1.807, 2.05) is 20.8 Å². The molecule has 34 heavy (non-hydrogen) atoms. The predicted molar refractivity (Wildman–Crippen MR) is 129 cm³/mol. The number of H-pyrrole nitrogens is 1. The molecule has 1 N–H and O–H groups in total. The minimum absolute atomic E-state index is 0.122. The van der Waals surface area contributed by atoms with Crippen molar-refractivity contribution in [2.24, 2.45) is 10.9 Å². The summed E-state index contributed by atoms with van der Waals surface area (Å²) in [5.74, 6) is 1.58. The lowest BCUT2D eigenvalue weighted by atomic mass is 9.76. The van der Waals surface area contributed by atoms with Crippen molar-refractivity contribution in [2.75, 3.05) is 19.7 Å². The van der Waals surface area contributed by atoms with Crippen LogP contribution in [0.15, 0.2) is 29.4 Å². The van der Waals surface area contributed by atoms with Crippen molar-refractivity contribution in [3.63, 3.8) is 0 Å². The summed E-state index contributed by atoms with van der Waals surface area (Å²) < 4.78 is 11.7. The number of aliphatic imine (C=N–C) groups is 1. The number of rotatable bonds is 2. The summed E-state index contributed by atoms with van der Waals surface area (Å²) >= 11 is 0. The third-order valence-electron chi connectivity index (χ3n) is 6.85. The van der Waals surface area contributed by atoms with Crippen LogP contribution in [0.25, 0.3) is 4.85 Å². The number of aromatic amines is 1. The smallest absolute Gasteiger partial charge is 0.410 e. The number of benzene rings is 1. The molecule has 0 bridgehead atoms. The van der Waals surface area contributed by atoms with Gasteiger partial charge in [-0.15, -0.1) is 0 Å². The zero-order valence-corrected chi connectivity index (χ0v) is 20.0. The molecule has 0 saturated carbocycles. The molecule has 1 aromatic heterocycles. The van der Waals surface area contributed by atoms with Gasteiger partial charge in [-0.2, -0.15) is 5.10 Å². The quantitative estimate of drug-likeness (QED) is 0.646. The number of fused-ring (bicyclic) bond motifs is 2. The molecule has 8 heteroatoms. The van der Waals surface area contributed by atoms with Gasteiger partial charge in [-0.3, -0.25) is 5.10 Å². The summed E-state index contributed by atoms with van der Waals surface area (Å²) in [4.78, 5) is 23.3. The van der Waals surface area contributed by atoms with Crippen LogP contribution in [0.4, 0.5) is 10.6 Å². The zero-order valence-electron chi connectivity index (χ0n) is 20.0. The van der Waals surface area contributed by atoms with E-state index in [1.165, 1.54) is 5.56 Å². The maximum Gasteiger partial charge on any atom is 0.410 e. The third kappa shape index (κ3) is 4.15. The number of ether oxygens (including phenoxy) is 2. The number of aryl methyl sites for hydroxylation is 1. The molecule has 2 aromatic rings. The van der Waals surface area contributed by atoms with E-state index in [2.05, 4.69) is 33.2 Å². The van der Waals surface area contributed by atoms with Gasteiger partial charge in [0, 0.05) is 30.1 Å². The maximum atomic E-state index is 12.5. The topological polar surface area (TPSA) is 84.2 Å². The second-order valence-corrected chi connectivity index (χ2v) is 10.3. The Balaban J connectivity index is 1.43. The molecule has 1 aromatic carbocycles. The Labute approximate surface area is 200 Å². The molecule has 178 valence electrons. The number of para-hydroxylation sites is 1. The van der Waals surface area contributed by atoms with Crippen LogP contribution in [-0.2, 0) is 11.2 Å². The highest BCUT2D eigenvalue weighted by Crippen LogP contribution is 2.46. The van der Waals surface area contributed by atoms with Crippen LogP contribution in [0.2, 0.25) is 0 Å². The number of hydrogen-bond acceptors (Lipinski definition) is 5. The third-order valence-corrected chi connectivity index (χ3v) is 6.85. The normalized spacial score (nSPS) is 22.6. The molecule has 1 saturated heterocycles. The van der Waals surface area contributed by atoms with Crippen LogP contribution >= 0.6 is 0 Å². The van der Waals surface area contributed by atoms with Gasteiger partial charge in [0.05, 0.1) is 18.7 Å². The SMILES string of the molecule is [C-]#[N+]C1C(C2CCN(C(=O)OC(C)(C)C)CC2)=Nc2[nH]ncc2C1c1cccc2c1OCCC2. The van der Waals surface area contributed by atoms with Gasteiger partial charge in [-0.1, -0.05) is 18.2 Å². The molecule has 4 heterocycles. The molecule has 0 spiro atoms. The number of carbonyl (C=O) groups is 1. The van der Waals surface area contributed by atoms with E-state index in [-0.39, 0.29) is 17.9 Å². The van der Waals surface area contributed by atoms with Gasteiger partial charge >= 0.3 is 6.09 Å². The van der Waals surface area contributed by atoms with Gasteiger partial charge < -0.3 is 19.2 Å². The van der Waals surface area contributed by atoms with Gasteiger partial charge in [0.15, 0.2) is 5.82 Å². The van der Waals surface area contributed by atoms with E-state index in [4.69, 9.17) is 21.0 Å². The molecule has 8 nitrogen and oxygen atoms in total. The summed E-state index contributed by atoms with van der Waals surface area (Å²) in [7, 11) is 0. The Morgan fingerprint density at radius 1 is 1.26 bits per heavy atom. The molecular weight excluding hydrogens is 430 g/mol. The fourth-order valence-corrected chi connectivity index (χ4v) is 5.30.